The van der Waals surface area contributed by atoms with Crippen LogP contribution in [0.3, 0.4) is 0 Å². The molecule has 0 N–H and O–H groups in total. The zero-order valence-corrected chi connectivity index (χ0v) is 14.7. The first-order valence-corrected chi connectivity index (χ1v) is 8.45. The Balaban J connectivity index is 1.58. The van der Waals surface area contributed by atoms with E-state index in [4.69, 9.17) is 4.74 Å². The third-order valence-corrected chi connectivity index (χ3v) is 4.11. The molecule has 2 heterocycles. The number of rotatable bonds is 5. The number of pyridine rings is 1. The summed E-state index contributed by atoms with van der Waals surface area (Å²) in [5, 5.41) is 7.66. The highest BCUT2D eigenvalue weighted by molar-refractivity contribution is 5.59. The average Bonchev–Trinajstić information content (AvgIpc) is 3.06. The van der Waals surface area contributed by atoms with Gasteiger partial charge < -0.3 is 4.74 Å². The first-order valence-electron chi connectivity index (χ1n) is 8.45. The highest BCUT2D eigenvalue weighted by Crippen LogP contribution is 2.20. The van der Waals surface area contributed by atoms with Crippen LogP contribution in [0, 0.1) is 0 Å². The summed E-state index contributed by atoms with van der Waals surface area (Å²) >= 11 is 0. The summed E-state index contributed by atoms with van der Waals surface area (Å²) < 4.78 is 8.32. The van der Waals surface area contributed by atoms with E-state index in [1.54, 1.807) is 7.05 Å². The predicted octanol–water partition coefficient (Wildman–Crippen LogP) is 2.61. The van der Waals surface area contributed by atoms with Crippen molar-refractivity contribution >= 4 is 0 Å². The first-order chi connectivity index (χ1) is 13.2. The van der Waals surface area contributed by atoms with Crippen LogP contribution in [0.5, 0.6) is 5.88 Å². The molecule has 4 aromatic rings. The standard InChI is InChI=1S/C20H17N5O2/c1-24-20(26)25(23-22-24)18-12-6-5-10-16(18)14-27-19-13-7-11-17(21-19)15-8-3-2-4-9-15/h2-13H,14H2,1H3. The number of benzene rings is 2. The molecule has 4 rings (SSSR count). The van der Waals surface area contributed by atoms with Crippen LogP contribution in [0.4, 0.5) is 0 Å². The van der Waals surface area contributed by atoms with Crippen molar-refractivity contribution in [1.82, 2.24) is 24.8 Å². The van der Waals surface area contributed by atoms with E-state index in [9.17, 15) is 4.79 Å². The van der Waals surface area contributed by atoms with Gasteiger partial charge in [-0.25, -0.2) is 9.78 Å². The van der Waals surface area contributed by atoms with Crippen LogP contribution < -0.4 is 10.4 Å². The number of nitrogens with zero attached hydrogens (tertiary/aromatic N) is 5. The van der Waals surface area contributed by atoms with Gasteiger partial charge in [-0.15, -0.1) is 0 Å². The van der Waals surface area contributed by atoms with E-state index in [0.29, 0.717) is 11.6 Å². The van der Waals surface area contributed by atoms with Crippen LogP contribution in [0.25, 0.3) is 16.9 Å². The van der Waals surface area contributed by atoms with Crippen molar-refractivity contribution < 1.29 is 4.74 Å². The lowest BCUT2D eigenvalue weighted by Crippen LogP contribution is -2.23. The van der Waals surface area contributed by atoms with Gasteiger partial charge >= 0.3 is 5.69 Å². The average molecular weight is 359 g/mol. The summed E-state index contributed by atoms with van der Waals surface area (Å²) in [7, 11) is 1.56. The third-order valence-electron chi connectivity index (χ3n) is 4.11. The summed E-state index contributed by atoms with van der Waals surface area (Å²) in [5.74, 6) is 0.512. The maximum Gasteiger partial charge on any atom is 0.368 e. The molecule has 0 saturated heterocycles. The Labute approximate surface area is 155 Å². The van der Waals surface area contributed by atoms with E-state index in [1.165, 1.54) is 9.36 Å². The fraction of sp³-hybridized carbons (Fsp3) is 0.100. The van der Waals surface area contributed by atoms with Gasteiger partial charge in [0, 0.05) is 24.2 Å². The van der Waals surface area contributed by atoms with Crippen molar-refractivity contribution in [3.8, 4) is 22.8 Å². The van der Waals surface area contributed by atoms with E-state index >= 15 is 0 Å². The summed E-state index contributed by atoms with van der Waals surface area (Å²) in [5.41, 5.74) is 2.99. The molecule has 0 aliphatic carbocycles. The molecule has 0 aliphatic heterocycles. The molecular weight excluding hydrogens is 342 g/mol. The van der Waals surface area contributed by atoms with Crippen LogP contribution in [0.15, 0.2) is 77.6 Å². The summed E-state index contributed by atoms with van der Waals surface area (Å²) in [6, 6.07) is 23.0. The van der Waals surface area contributed by atoms with E-state index in [1.807, 2.05) is 72.8 Å². The molecule has 2 aromatic heterocycles. The molecule has 0 bridgehead atoms. The largest absolute Gasteiger partial charge is 0.473 e. The second kappa shape index (κ2) is 7.25. The molecule has 7 nitrogen and oxygen atoms in total. The lowest BCUT2D eigenvalue weighted by Gasteiger charge is -2.10. The van der Waals surface area contributed by atoms with Gasteiger partial charge in [0.25, 0.3) is 0 Å². The lowest BCUT2D eigenvalue weighted by molar-refractivity contribution is 0.293. The predicted molar refractivity (Wildman–Crippen MR) is 101 cm³/mol. The molecule has 134 valence electrons. The Bertz CT molecular complexity index is 1120. The van der Waals surface area contributed by atoms with Gasteiger partial charge in [0.15, 0.2) is 0 Å². The molecule has 0 fully saturated rings. The van der Waals surface area contributed by atoms with Gasteiger partial charge in [0.05, 0.1) is 11.4 Å². The van der Waals surface area contributed by atoms with Crippen LogP contribution in [-0.2, 0) is 13.7 Å². The lowest BCUT2D eigenvalue weighted by atomic mass is 10.1. The van der Waals surface area contributed by atoms with Crippen LogP contribution in [0.2, 0.25) is 0 Å². The first kappa shape index (κ1) is 16.7. The van der Waals surface area contributed by atoms with Crippen molar-refractivity contribution in [2.75, 3.05) is 0 Å². The van der Waals surface area contributed by atoms with Crippen LogP contribution >= 0.6 is 0 Å². The number of aromatic nitrogens is 5. The minimum atomic E-state index is -0.313. The third kappa shape index (κ3) is 3.48. The van der Waals surface area contributed by atoms with Crippen molar-refractivity contribution in [1.29, 1.82) is 0 Å². The molecule has 0 unspecified atom stereocenters. The fourth-order valence-corrected chi connectivity index (χ4v) is 2.72. The highest BCUT2D eigenvalue weighted by atomic mass is 16.5. The molecule has 0 saturated carbocycles. The molecule has 7 heteroatoms. The SMILES string of the molecule is Cn1nnn(-c2ccccc2COc2cccc(-c3ccccc3)n2)c1=O. The van der Waals surface area contributed by atoms with Gasteiger partial charge in [-0.05, 0) is 22.6 Å². The van der Waals surface area contributed by atoms with Crippen molar-refractivity contribution in [3.05, 3.63) is 88.8 Å². The Hall–Kier alpha value is -3.74. The highest BCUT2D eigenvalue weighted by Gasteiger charge is 2.11. The van der Waals surface area contributed by atoms with Gasteiger partial charge in [-0.1, -0.05) is 54.6 Å². The zero-order chi connectivity index (χ0) is 18.6. The molecule has 0 atom stereocenters. The fourth-order valence-electron chi connectivity index (χ4n) is 2.72. The van der Waals surface area contributed by atoms with Crippen LogP contribution in [0.1, 0.15) is 5.56 Å². The minimum absolute atomic E-state index is 0.254. The van der Waals surface area contributed by atoms with Crippen molar-refractivity contribution in [3.63, 3.8) is 0 Å². The smallest absolute Gasteiger partial charge is 0.368 e. The van der Waals surface area contributed by atoms with Gasteiger partial charge in [-0.3, -0.25) is 0 Å². The summed E-state index contributed by atoms with van der Waals surface area (Å²) in [6.07, 6.45) is 0. The normalized spacial score (nSPS) is 10.7. The molecular formula is C20H17N5O2. The number of hydrogen-bond acceptors (Lipinski definition) is 5. The Morgan fingerprint density at radius 1 is 0.889 bits per heavy atom. The molecule has 0 aliphatic rings. The number of hydrogen-bond donors (Lipinski definition) is 0. The van der Waals surface area contributed by atoms with E-state index in [2.05, 4.69) is 15.4 Å². The summed E-state index contributed by atoms with van der Waals surface area (Å²) in [6.45, 7) is 0.254. The number of ether oxygens (including phenoxy) is 1. The minimum Gasteiger partial charge on any atom is -0.473 e. The van der Waals surface area contributed by atoms with Crippen molar-refractivity contribution in [2.45, 2.75) is 6.61 Å². The number of aryl methyl sites for hydroxylation is 1. The topological polar surface area (TPSA) is 74.8 Å². The summed E-state index contributed by atoms with van der Waals surface area (Å²) in [4.78, 5) is 16.7. The molecule has 0 spiro atoms. The van der Waals surface area contributed by atoms with E-state index in [-0.39, 0.29) is 12.3 Å². The Morgan fingerprint density at radius 2 is 1.67 bits per heavy atom. The zero-order valence-electron chi connectivity index (χ0n) is 14.7. The molecule has 0 amide bonds. The molecule has 2 aromatic carbocycles. The number of tetrazole rings is 1. The monoisotopic (exact) mass is 359 g/mol. The van der Waals surface area contributed by atoms with Crippen molar-refractivity contribution in [2.24, 2.45) is 7.05 Å². The quantitative estimate of drug-likeness (QED) is 0.548. The molecule has 27 heavy (non-hydrogen) atoms. The van der Waals surface area contributed by atoms with Gasteiger partial charge in [-0.2, -0.15) is 9.36 Å². The maximum absolute atomic E-state index is 12.1. The number of para-hydroxylation sites is 1. The Morgan fingerprint density at radius 3 is 2.44 bits per heavy atom. The van der Waals surface area contributed by atoms with E-state index < -0.39 is 0 Å². The second-order valence-electron chi connectivity index (χ2n) is 5.94. The van der Waals surface area contributed by atoms with Gasteiger partial charge in [0.1, 0.15) is 6.61 Å². The van der Waals surface area contributed by atoms with Gasteiger partial charge in [0.2, 0.25) is 5.88 Å². The Kier molecular flexibility index (Phi) is 4.49. The van der Waals surface area contributed by atoms with Crippen LogP contribution in [-0.4, -0.2) is 24.8 Å². The molecule has 0 radical (unpaired) electrons. The van der Waals surface area contributed by atoms with E-state index in [0.717, 1.165) is 16.8 Å². The maximum atomic E-state index is 12.1. The second-order valence-corrected chi connectivity index (χ2v) is 5.94.